The molecule has 134 valence electrons. The van der Waals surface area contributed by atoms with Crippen molar-refractivity contribution in [3.8, 4) is 0 Å². The van der Waals surface area contributed by atoms with Gasteiger partial charge in [-0.05, 0) is 31.4 Å². The zero-order valence-corrected chi connectivity index (χ0v) is 15.0. The molecule has 0 bridgehead atoms. The largest absolute Gasteiger partial charge is 0.348 e. The van der Waals surface area contributed by atoms with Gasteiger partial charge in [-0.3, -0.25) is 14.2 Å². The van der Waals surface area contributed by atoms with Crippen LogP contribution in [0.5, 0.6) is 0 Å². The molecular weight excluding hydrogens is 350 g/mol. The number of rotatable bonds is 4. The summed E-state index contributed by atoms with van der Waals surface area (Å²) < 4.78 is 1.83. The van der Waals surface area contributed by atoms with Crippen molar-refractivity contribution in [2.24, 2.45) is 0 Å². The minimum atomic E-state index is -0.264. The topological polar surface area (TPSA) is 80.1 Å². The van der Waals surface area contributed by atoms with Gasteiger partial charge in [-0.15, -0.1) is 0 Å². The van der Waals surface area contributed by atoms with Gasteiger partial charge in [0.15, 0.2) is 10.8 Å². The third kappa shape index (κ3) is 3.45. The number of anilines is 2. The zero-order chi connectivity index (χ0) is 17.9. The van der Waals surface area contributed by atoms with Crippen molar-refractivity contribution in [1.82, 2.24) is 14.5 Å². The zero-order valence-electron chi connectivity index (χ0n) is 14.2. The van der Waals surface area contributed by atoms with Crippen molar-refractivity contribution in [1.29, 1.82) is 0 Å². The summed E-state index contributed by atoms with van der Waals surface area (Å²) in [5.41, 5.74) is 0.934. The number of carbonyl (C=O) groups is 1. The van der Waals surface area contributed by atoms with Crippen molar-refractivity contribution in [2.75, 3.05) is 23.3 Å². The smallest absolute Gasteiger partial charge is 0.273 e. The van der Waals surface area contributed by atoms with Gasteiger partial charge in [0, 0.05) is 18.8 Å². The van der Waals surface area contributed by atoms with E-state index in [-0.39, 0.29) is 18.0 Å². The van der Waals surface area contributed by atoms with Crippen molar-refractivity contribution < 1.29 is 4.79 Å². The van der Waals surface area contributed by atoms with Gasteiger partial charge in [-0.2, -0.15) is 4.98 Å². The molecule has 1 aliphatic heterocycles. The number of carbonyl (C=O) groups excluding carboxylic acids is 1. The van der Waals surface area contributed by atoms with Crippen molar-refractivity contribution in [3.63, 3.8) is 0 Å². The molecule has 0 saturated carbocycles. The van der Waals surface area contributed by atoms with Crippen LogP contribution in [-0.2, 0) is 11.3 Å². The van der Waals surface area contributed by atoms with E-state index in [0.717, 1.165) is 31.1 Å². The summed E-state index contributed by atoms with van der Waals surface area (Å²) in [4.78, 5) is 35.9. The Morgan fingerprint density at radius 2 is 1.92 bits per heavy atom. The molecule has 26 heavy (non-hydrogen) atoms. The van der Waals surface area contributed by atoms with Gasteiger partial charge in [-0.1, -0.05) is 29.5 Å². The standard InChI is InChI=1S/C18H19N5O2S/c24-14(20-13-7-3-1-4-8-13)11-23-12-19-16-15(17(23)25)26-18(21-16)22-9-5-2-6-10-22/h1,3-4,7-8,12H,2,5-6,9-11H2,(H,20,24). The van der Waals surface area contributed by atoms with Gasteiger partial charge in [0.25, 0.3) is 5.56 Å². The van der Waals surface area contributed by atoms with Crippen LogP contribution >= 0.6 is 11.3 Å². The van der Waals surface area contributed by atoms with Crippen molar-refractivity contribution >= 4 is 38.4 Å². The summed E-state index contributed by atoms with van der Waals surface area (Å²) in [5.74, 6) is -0.264. The summed E-state index contributed by atoms with van der Waals surface area (Å²) in [6.07, 6.45) is 4.93. The number of benzene rings is 1. The lowest BCUT2D eigenvalue weighted by atomic mass is 10.1. The number of hydrogen-bond acceptors (Lipinski definition) is 6. The molecule has 3 heterocycles. The Labute approximate surface area is 154 Å². The molecule has 1 aromatic carbocycles. The molecule has 3 aromatic rings. The molecule has 1 amide bonds. The number of amides is 1. The fourth-order valence-corrected chi connectivity index (χ4v) is 4.07. The molecule has 8 heteroatoms. The van der Waals surface area contributed by atoms with Gasteiger partial charge in [-0.25, -0.2) is 4.98 Å². The number of nitrogens with one attached hydrogen (secondary N) is 1. The second-order valence-electron chi connectivity index (χ2n) is 6.29. The predicted octanol–water partition coefficient (Wildman–Crippen LogP) is 2.48. The molecule has 7 nitrogen and oxygen atoms in total. The predicted molar refractivity (Wildman–Crippen MR) is 103 cm³/mol. The van der Waals surface area contributed by atoms with Gasteiger partial charge in [0.2, 0.25) is 5.91 Å². The highest BCUT2D eigenvalue weighted by atomic mass is 32.1. The van der Waals surface area contributed by atoms with E-state index < -0.39 is 0 Å². The average Bonchev–Trinajstić information content (AvgIpc) is 3.11. The van der Waals surface area contributed by atoms with Crippen LogP contribution in [0.25, 0.3) is 10.3 Å². The van der Waals surface area contributed by atoms with Crippen molar-refractivity contribution in [3.05, 3.63) is 47.0 Å². The van der Waals surface area contributed by atoms with Crippen LogP contribution in [-0.4, -0.2) is 33.5 Å². The van der Waals surface area contributed by atoms with E-state index in [1.54, 1.807) is 12.1 Å². The number of piperidine rings is 1. The number of thiazole rings is 1. The monoisotopic (exact) mass is 369 g/mol. The number of para-hydroxylation sites is 1. The minimum Gasteiger partial charge on any atom is -0.348 e. The van der Waals surface area contributed by atoms with Crippen LogP contribution < -0.4 is 15.8 Å². The first-order valence-corrected chi connectivity index (χ1v) is 9.48. The first kappa shape index (κ1) is 16.7. The molecule has 2 aromatic heterocycles. The van der Waals surface area contributed by atoms with Crippen LogP contribution in [0.1, 0.15) is 19.3 Å². The summed E-state index contributed by atoms with van der Waals surface area (Å²) >= 11 is 1.36. The third-order valence-corrected chi connectivity index (χ3v) is 5.46. The molecule has 1 fully saturated rings. The van der Waals surface area contributed by atoms with Crippen LogP contribution in [0.4, 0.5) is 10.8 Å². The van der Waals surface area contributed by atoms with E-state index in [1.807, 2.05) is 18.2 Å². The number of aromatic nitrogens is 3. The Hall–Kier alpha value is -2.74. The highest BCUT2D eigenvalue weighted by molar-refractivity contribution is 7.22. The number of fused-ring (bicyclic) bond motifs is 1. The molecule has 1 aliphatic rings. The van der Waals surface area contributed by atoms with E-state index in [9.17, 15) is 9.59 Å². The average molecular weight is 369 g/mol. The third-order valence-electron chi connectivity index (χ3n) is 4.37. The fourth-order valence-electron chi connectivity index (χ4n) is 3.04. The summed E-state index contributed by atoms with van der Waals surface area (Å²) in [6.45, 7) is 1.86. The van der Waals surface area contributed by atoms with E-state index in [0.29, 0.717) is 16.0 Å². The molecular formula is C18H19N5O2S. The Kier molecular flexibility index (Phi) is 4.66. The molecule has 0 spiro atoms. The molecule has 0 aliphatic carbocycles. The van der Waals surface area contributed by atoms with Crippen LogP contribution in [0.15, 0.2) is 41.5 Å². The first-order chi connectivity index (χ1) is 12.7. The van der Waals surface area contributed by atoms with E-state index in [1.165, 1.54) is 28.7 Å². The van der Waals surface area contributed by atoms with Gasteiger partial charge >= 0.3 is 0 Å². The minimum absolute atomic E-state index is 0.0758. The van der Waals surface area contributed by atoms with E-state index >= 15 is 0 Å². The fraction of sp³-hybridized carbons (Fsp3) is 0.333. The lowest BCUT2D eigenvalue weighted by Gasteiger charge is -2.25. The first-order valence-electron chi connectivity index (χ1n) is 8.66. The van der Waals surface area contributed by atoms with Crippen LogP contribution in [0.2, 0.25) is 0 Å². The van der Waals surface area contributed by atoms with Gasteiger partial charge < -0.3 is 10.2 Å². The van der Waals surface area contributed by atoms with E-state index in [2.05, 4.69) is 20.2 Å². The maximum absolute atomic E-state index is 12.7. The van der Waals surface area contributed by atoms with Gasteiger partial charge in [0.1, 0.15) is 17.6 Å². The Morgan fingerprint density at radius 1 is 1.15 bits per heavy atom. The second-order valence-corrected chi connectivity index (χ2v) is 7.27. The lowest BCUT2D eigenvalue weighted by Crippen LogP contribution is -2.29. The van der Waals surface area contributed by atoms with Crippen molar-refractivity contribution in [2.45, 2.75) is 25.8 Å². The van der Waals surface area contributed by atoms with Gasteiger partial charge in [0.05, 0.1) is 0 Å². The van der Waals surface area contributed by atoms with Crippen LogP contribution in [0.3, 0.4) is 0 Å². The van der Waals surface area contributed by atoms with Crippen LogP contribution in [0, 0.1) is 0 Å². The molecule has 1 saturated heterocycles. The molecule has 1 N–H and O–H groups in total. The second kappa shape index (κ2) is 7.25. The highest BCUT2D eigenvalue weighted by Gasteiger charge is 2.18. The normalized spacial score (nSPS) is 14.5. The Bertz CT molecular complexity index is 976. The lowest BCUT2D eigenvalue weighted by molar-refractivity contribution is -0.116. The Balaban J connectivity index is 1.55. The maximum Gasteiger partial charge on any atom is 0.273 e. The molecule has 0 atom stereocenters. The highest BCUT2D eigenvalue weighted by Crippen LogP contribution is 2.27. The number of hydrogen-bond donors (Lipinski definition) is 1. The van der Waals surface area contributed by atoms with E-state index in [4.69, 9.17) is 0 Å². The Morgan fingerprint density at radius 3 is 2.69 bits per heavy atom. The summed E-state index contributed by atoms with van der Waals surface area (Å²) in [7, 11) is 0. The molecule has 4 rings (SSSR count). The molecule has 0 radical (unpaired) electrons. The maximum atomic E-state index is 12.7. The SMILES string of the molecule is O=C(Cn1cnc2nc(N3CCCCC3)sc2c1=O)Nc1ccccc1. The quantitative estimate of drug-likeness (QED) is 0.764. The molecule has 0 unspecified atom stereocenters. The summed E-state index contributed by atoms with van der Waals surface area (Å²) in [5, 5.41) is 3.62. The summed E-state index contributed by atoms with van der Waals surface area (Å²) in [6, 6.07) is 9.16. The number of nitrogens with zero attached hydrogens (tertiary/aromatic N) is 4.